The van der Waals surface area contributed by atoms with Gasteiger partial charge in [0.15, 0.2) is 5.82 Å². The van der Waals surface area contributed by atoms with E-state index in [9.17, 15) is 24.6 Å². The average molecular weight is 933 g/mol. The van der Waals surface area contributed by atoms with Gasteiger partial charge in [0, 0.05) is 73.8 Å². The molecule has 10 rings (SSSR count). The number of carbonyl (C=O) groups excluding carboxylic acids is 3. The van der Waals surface area contributed by atoms with Crippen molar-refractivity contribution >= 4 is 62.6 Å². The molecule has 0 unspecified atom stereocenters. The predicted molar refractivity (Wildman–Crippen MR) is 249 cm³/mol. The number of ether oxygens (including phenoxy) is 1. The minimum atomic E-state index is -1.00. The van der Waals surface area contributed by atoms with Crippen LogP contribution in [-0.4, -0.2) is 117 Å². The first-order chi connectivity index (χ1) is 32.1. The van der Waals surface area contributed by atoms with Gasteiger partial charge < -0.3 is 29.6 Å². The number of nitrogens with zero attached hydrogens (tertiary/aromatic N) is 7. The molecule has 348 valence electrons. The number of amides is 4. The third kappa shape index (κ3) is 8.69. The number of carbonyl (C=O) groups is 3. The molecule has 67 heavy (non-hydrogen) atoms. The van der Waals surface area contributed by atoms with Crippen molar-refractivity contribution in [3.63, 3.8) is 0 Å². The first kappa shape index (κ1) is 44.7. The van der Waals surface area contributed by atoms with Crippen molar-refractivity contribution in [2.24, 2.45) is 10.8 Å². The highest BCUT2D eigenvalue weighted by atomic mass is 35.5. The summed E-state index contributed by atoms with van der Waals surface area (Å²) in [5, 5.41) is 25.3. The van der Waals surface area contributed by atoms with E-state index in [0.717, 1.165) is 58.2 Å². The van der Waals surface area contributed by atoms with Gasteiger partial charge in [-0.1, -0.05) is 23.6 Å². The molecule has 0 radical (unpaired) electrons. The highest BCUT2D eigenvalue weighted by molar-refractivity contribution is 6.34. The third-order valence-electron chi connectivity index (χ3n) is 14.7. The fraction of sp³-hybridized carbons (Fsp3) is 0.440. The second-order valence-corrected chi connectivity index (χ2v) is 19.9. The Kier molecular flexibility index (Phi) is 11.5. The van der Waals surface area contributed by atoms with Crippen LogP contribution in [0.2, 0.25) is 5.02 Å². The quantitative estimate of drug-likeness (QED) is 0.126. The standard InChI is InChI=1S/C50H51ClF2N8O6/c1-3-33-37(52)8-6-30-23-32(62)25-34(40(30)33)42-41(53)43-35(26-54-42)44(60-17-4-10-48(2,66)27-60)57-46(56-43)67-29-50(11-12-50)28-58-19-13-49(14-20-58)15-21-59(22-16-49)45(64)31-5-7-36(51)38(24-31)61-18-9-39(63)55-47(61)65/h1,5-8,23-26,62,66H,4,9-22,27-29H2,2H3,(H,55,63,65)/t48-/m1/s1. The number of phenols is 1. The number of piperidine rings is 3. The Morgan fingerprint density at radius 2 is 1.73 bits per heavy atom. The molecule has 5 aliphatic rings. The number of terminal acetylenes is 1. The number of hydrogen-bond acceptors (Lipinski definition) is 11. The Bertz CT molecular complexity index is 2890. The van der Waals surface area contributed by atoms with E-state index in [1.54, 1.807) is 25.1 Å². The maximum Gasteiger partial charge on any atom is 0.328 e. The fourth-order valence-corrected chi connectivity index (χ4v) is 10.8. The molecule has 4 saturated heterocycles. The second kappa shape index (κ2) is 17.2. The third-order valence-corrected chi connectivity index (χ3v) is 15.0. The maximum atomic E-state index is 17.1. The smallest absolute Gasteiger partial charge is 0.328 e. The molecule has 1 aliphatic carbocycles. The Morgan fingerprint density at radius 3 is 2.45 bits per heavy atom. The number of rotatable bonds is 9. The number of aromatic hydroxyl groups is 1. The zero-order chi connectivity index (χ0) is 46.8. The number of halogens is 3. The molecule has 1 spiro atoms. The van der Waals surface area contributed by atoms with E-state index in [1.165, 1.54) is 35.4 Å². The molecule has 6 heterocycles. The van der Waals surface area contributed by atoms with Gasteiger partial charge in [-0.05, 0) is 119 Å². The van der Waals surface area contributed by atoms with Crippen molar-refractivity contribution < 1.29 is 38.1 Å². The molecule has 2 aromatic heterocycles. The molecule has 17 heteroatoms. The number of nitrogens with one attached hydrogen (secondary N) is 1. The Hall–Kier alpha value is -6.15. The number of fused-ring (bicyclic) bond motifs is 2. The lowest BCUT2D eigenvalue weighted by Gasteiger charge is -2.47. The van der Waals surface area contributed by atoms with Crippen molar-refractivity contribution in [3.8, 4) is 35.4 Å². The molecule has 5 aromatic rings. The number of pyridine rings is 1. The topological polar surface area (TPSA) is 165 Å². The van der Waals surface area contributed by atoms with Gasteiger partial charge in [0.2, 0.25) is 5.91 Å². The number of aliphatic hydroxyl groups is 1. The van der Waals surface area contributed by atoms with E-state index in [1.807, 2.05) is 9.80 Å². The van der Waals surface area contributed by atoms with E-state index in [-0.39, 0.29) is 81.6 Å². The summed E-state index contributed by atoms with van der Waals surface area (Å²) in [5.41, 5.74) is -0.343. The van der Waals surface area contributed by atoms with E-state index in [0.29, 0.717) is 71.9 Å². The number of likely N-dealkylation sites (tertiary alicyclic amines) is 2. The first-order valence-electron chi connectivity index (χ1n) is 22.9. The molecule has 1 atom stereocenters. The number of benzene rings is 3. The zero-order valence-corrected chi connectivity index (χ0v) is 38.0. The van der Waals surface area contributed by atoms with Crippen LogP contribution in [0, 0.1) is 34.8 Å². The molecule has 0 bridgehead atoms. The molecule has 5 fully saturated rings. The van der Waals surface area contributed by atoms with Crippen molar-refractivity contribution in [1.82, 2.24) is 30.1 Å². The molecule has 1 saturated carbocycles. The van der Waals surface area contributed by atoms with E-state index < -0.39 is 23.3 Å². The Labute approximate surface area is 391 Å². The van der Waals surface area contributed by atoms with Crippen molar-refractivity contribution in [1.29, 1.82) is 0 Å². The molecule has 3 aromatic carbocycles. The molecular formula is C50H51ClF2N8O6. The molecule has 3 N–H and O–H groups in total. The highest BCUT2D eigenvalue weighted by Crippen LogP contribution is 2.49. The average Bonchev–Trinajstić information content (AvgIpc) is 4.08. The van der Waals surface area contributed by atoms with Crippen molar-refractivity contribution in [2.45, 2.75) is 70.3 Å². The van der Waals surface area contributed by atoms with Gasteiger partial charge >= 0.3 is 12.0 Å². The van der Waals surface area contributed by atoms with Crippen LogP contribution in [-0.2, 0) is 4.79 Å². The lowest BCUT2D eigenvalue weighted by Crippen LogP contribution is -2.50. The van der Waals surface area contributed by atoms with E-state index in [4.69, 9.17) is 27.7 Å². The van der Waals surface area contributed by atoms with Gasteiger partial charge in [0.25, 0.3) is 5.91 Å². The molecule has 4 amide bonds. The van der Waals surface area contributed by atoms with Crippen LogP contribution in [0.4, 0.5) is 25.1 Å². The van der Waals surface area contributed by atoms with Crippen molar-refractivity contribution in [3.05, 3.63) is 76.4 Å². The number of β-amino-alcohol motifs (C(OH)–C–C–N with tert-alkyl or cyclic N) is 1. The summed E-state index contributed by atoms with van der Waals surface area (Å²) in [5.74, 6) is 0.667. The molecule has 4 aliphatic heterocycles. The first-order valence-corrected chi connectivity index (χ1v) is 23.3. The lowest BCUT2D eigenvalue weighted by molar-refractivity contribution is -0.120. The number of imide groups is 1. The number of anilines is 2. The highest BCUT2D eigenvalue weighted by Gasteiger charge is 2.47. The van der Waals surface area contributed by atoms with Gasteiger partial charge in [-0.25, -0.2) is 13.6 Å². The Morgan fingerprint density at radius 1 is 0.970 bits per heavy atom. The van der Waals surface area contributed by atoms with Crippen LogP contribution in [0.15, 0.2) is 48.7 Å². The van der Waals surface area contributed by atoms with Crippen LogP contribution in [0.25, 0.3) is 32.9 Å². The minimum absolute atomic E-state index is 0.00613. The van der Waals surface area contributed by atoms with Gasteiger partial charge in [0.05, 0.1) is 33.9 Å². The minimum Gasteiger partial charge on any atom is -0.508 e. The fourth-order valence-electron chi connectivity index (χ4n) is 10.6. The zero-order valence-electron chi connectivity index (χ0n) is 37.2. The van der Waals surface area contributed by atoms with Gasteiger partial charge in [-0.15, -0.1) is 6.42 Å². The van der Waals surface area contributed by atoms with E-state index >= 15 is 8.78 Å². The second-order valence-electron chi connectivity index (χ2n) is 19.5. The largest absolute Gasteiger partial charge is 0.508 e. The predicted octanol–water partition coefficient (Wildman–Crippen LogP) is 7.44. The number of hydrogen-bond donors (Lipinski definition) is 3. The maximum absolute atomic E-state index is 17.1. The van der Waals surface area contributed by atoms with Crippen LogP contribution < -0.4 is 19.9 Å². The summed E-state index contributed by atoms with van der Waals surface area (Å²) in [6.07, 6.45) is 14.4. The lowest BCUT2D eigenvalue weighted by atomic mass is 9.71. The summed E-state index contributed by atoms with van der Waals surface area (Å²) in [6.45, 7) is 7.01. The normalized spacial score (nSPS) is 21.7. The Balaban J connectivity index is 0.824. The molecule has 14 nitrogen and oxygen atoms in total. The van der Waals surface area contributed by atoms with Gasteiger partial charge in [0.1, 0.15) is 28.6 Å². The van der Waals surface area contributed by atoms with Crippen LogP contribution in [0.1, 0.15) is 80.6 Å². The van der Waals surface area contributed by atoms with E-state index in [2.05, 4.69) is 26.1 Å². The summed E-state index contributed by atoms with van der Waals surface area (Å²) >= 11 is 6.45. The number of aromatic nitrogens is 3. The number of urea groups is 1. The summed E-state index contributed by atoms with van der Waals surface area (Å²) in [6, 6.07) is 9.80. The van der Waals surface area contributed by atoms with Gasteiger partial charge in [-0.2, -0.15) is 9.97 Å². The number of phenolic OH excluding ortho intramolecular Hbond substituents is 1. The molecular weight excluding hydrogens is 882 g/mol. The van der Waals surface area contributed by atoms with Crippen LogP contribution in [0.5, 0.6) is 11.8 Å². The van der Waals surface area contributed by atoms with Gasteiger partial charge in [-0.3, -0.25) is 24.8 Å². The van der Waals surface area contributed by atoms with Crippen molar-refractivity contribution in [2.75, 3.05) is 68.8 Å². The SMILES string of the molecule is C#Cc1c(F)ccc2cc(O)cc(-c3ncc4c(N5CCC[C@@](C)(O)C5)nc(OCC5(CN6CCC7(CC6)CCN(C(=O)c6ccc(Cl)c(N8CCC(=O)NC8=O)c6)CC7)CC5)nc4c3F)c12. The summed E-state index contributed by atoms with van der Waals surface area (Å²) in [4.78, 5) is 59.6. The summed E-state index contributed by atoms with van der Waals surface area (Å²) in [7, 11) is 0. The van der Waals surface area contributed by atoms with Crippen LogP contribution in [0.3, 0.4) is 0 Å². The van der Waals surface area contributed by atoms with Crippen LogP contribution >= 0.6 is 11.6 Å². The monoisotopic (exact) mass is 932 g/mol. The summed E-state index contributed by atoms with van der Waals surface area (Å²) < 4.78 is 38.5.